The Morgan fingerprint density at radius 3 is 2.38 bits per heavy atom. The Morgan fingerprint density at radius 1 is 1.24 bits per heavy atom. The number of nitrogens with zero attached hydrogens (tertiary/aromatic N) is 1. The van der Waals surface area contributed by atoms with Crippen LogP contribution in [0.4, 0.5) is 0 Å². The summed E-state index contributed by atoms with van der Waals surface area (Å²) in [5, 5.41) is 6.65. The van der Waals surface area contributed by atoms with Gasteiger partial charge in [0.25, 0.3) is 0 Å². The monoisotopic (exact) mass is 304 g/mol. The first-order valence-electron chi connectivity index (χ1n) is 7.16. The molecular formula is C17H24N2OS. The van der Waals surface area contributed by atoms with Crippen molar-refractivity contribution >= 4 is 11.3 Å². The minimum Gasteiger partial charge on any atom is -0.380 e. The van der Waals surface area contributed by atoms with Gasteiger partial charge in [-0.1, -0.05) is 45.0 Å². The minimum atomic E-state index is 0.0926. The molecule has 2 aromatic rings. The molecule has 0 radical (unpaired) electrons. The third kappa shape index (κ3) is 3.90. The van der Waals surface area contributed by atoms with Gasteiger partial charge in [-0.25, -0.2) is 4.98 Å². The van der Waals surface area contributed by atoms with E-state index in [1.165, 1.54) is 11.1 Å². The van der Waals surface area contributed by atoms with Crippen LogP contribution in [0.5, 0.6) is 0 Å². The zero-order valence-electron chi connectivity index (χ0n) is 13.4. The highest BCUT2D eigenvalue weighted by Gasteiger charge is 2.21. The maximum atomic E-state index is 5.15. The van der Waals surface area contributed by atoms with Crippen molar-refractivity contribution in [3.8, 4) is 0 Å². The highest BCUT2D eigenvalue weighted by Crippen LogP contribution is 2.29. The lowest BCUT2D eigenvalue weighted by Gasteiger charge is -2.16. The summed E-state index contributed by atoms with van der Waals surface area (Å²) >= 11 is 1.72. The van der Waals surface area contributed by atoms with Gasteiger partial charge in [-0.3, -0.25) is 0 Å². The first kappa shape index (κ1) is 16.1. The van der Waals surface area contributed by atoms with E-state index in [0.717, 1.165) is 10.7 Å². The lowest BCUT2D eigenvalue weighted by molar-refractivity contribution is 0.185. The molecule has 0 saturated heterocycles. The number of aromatic nitrogens is 1. The van der Waals surface area contributed by atoms with E-state index in [9.17, 15) is 0 Å². The van der Waals surface area contributed by atoms with Gasteiger partial charge in [0.1, 0.15) is 5.01 Å². The normalized spacial score (nSPS) is 13.4. The molecule has 1 aromatic heterocycles. The smallest absolute Gasteiger partial charge is 0.114 e. The van der Waals surface area contributed by atoms with Crippen molar-refractivity contribution in [2.75, 3.05) is 14.2 Å². The van der Waals surface area contributed by atoms with Gasteiger partial charge in [0.05, 0.1) is 18.3 Å². The third-order valence-corrected chi connectivity index (χ3v) is 4.36. The fourth-order valence-electron chi connectivity index (χ4n) is 2.17. The number of hydrogen-bond acceptors (Lipinski definition) is 4. The van der Waals surface area contributed by atoms with Crippen molar-refractivity contribution < 1.29 is 4.74 Å². The molecule has 2 rings (SSSR count). The van der Waals surface area contributed by atoms with Crippen LogP contribution in [-0.2, 0) is 16.8 Å². The molecule has 0 aliphatic heterocycles. The van der Waals surface area contributed by atoms with Gasteiger partial charge in [0.2, 0.25) is 0 Å². The molecule has 1 atom stereocenters. The molecule has 0 spiro atoms. The molecule has 21 heavy (non-hydrogen) atoms. The van der Waals surface area contributed by atoms with Crippen LogP contribution in [0.25, 0.3) is 0 Å². The molecule has 0 amide bonds. The number of hydrogen-bond donors (Lipinski definition) is 1. The van der Waals surface area contributed by atoms with Gasteiger partial charge < -0.3 is 10.1 Å². The standard InChI is InChI=1S/C17H24N2OS/c1-17(2,3)14-11-21-16(19-14)15(18-4)13-8-6-12(7-9-13)10-20-5/h6-9,11,15,18H,10H2,1-5H3. The van der Waals surface area contributed by atoms with Crippen LogP contribution in [0, 0.1) is 0 Å². The largest absolute Gasteiger partial charge is 0.380 e. The number of ether oxygens (including phenoxy) is 1. The molecule has 0 aliphatic rings. The fourth-order valence-corrected chi connectivity index (χ4v) is 3.35. The third-order valence-electron chi connectivity index (χ3n) is 3.45. The summed E-state index contributed by atoms with van der Waals surface area (Å²) in [5.41, 5.74) is 3.66. The van der Waals surface area contributed by atoms with E-state index in [1.54, 1.807) is 18.4 Å². The number of methoxy groups -OCH3 is 1. The van der Waals surface area contributed by atoms with Gasteiger partial charge in [-0.2, -0.15) is 0 Å². The zero-order valence-corrected chi connectivity index (χ0v) is 14.3. The summed E-state index contributed by atoms with van der Waals surface area (Å²) in [6, 6.07) is 8.66. The second-order valence-corrected chi connectivity index (χ2v) is 7.11. The summed E-state index contributed by atoms with van der Waals surface area (Å²) in [5.74, 6) is 0. The van der Waals surface area contributed by atoms with Gasteiger partial charge in [-0.15, -0.1) is 11.3 Å². The van der Waals surface area contributed by atoms with Crippen molar-refractivity contribution in [1.29, 1.82) is 0 Å². The van der Waals surface area contributed by atoms with Crippen LogP contribution >= 0.6 is 11.3 Å². The summed E-state index contributed by atoms with van der Waals surface area (Å²) in [6.45, 7) is 7.23. The number of nitrogens with one attached hydrogen (secondary N) is 1. The quantitative estimate of drug-likeness (QED) is 0.910. The number of thiazole rings is 1. The molecule has 114 valence electrons. The molecule has 3 nitrogen and oxygen atoms in total. The van der Waals surface area contributed by atoms with Crippen LogP contribution in [-0.4, -0.2) is 19.1 Å². The lowest BCUT2D eigenvalue weighted by atomic mass is 9.93. The van der Waals surface area contributed by atoms with Gasteiger partial charge in [0.15, 0.2) is 0 Å². The second-order valence-electron chi connectivity index (χ2n) is 6.22. The molecule has 0 fully saturated rings. The van der Waals surface area contributed by atoms with E-state index in [0.29, 0.717) is 6.61 Å². The Hall–Kier alpha value is -1.23. The second kappa shape index (κ2) is 6.69. The molecule has 0 aliphatic carbocycles. The van der Waals surface area contributed by atoms with Crippen molar-refractivity contribution in [3.63, 3.8) is 0 Å². The van der Waals surface area contributed by atoms with E-state index in [1.807, 2.05) is 7.05 Å². The molecular weight excluding hydrogens is 280 g/mol. The number of rotatable bonds is 5. The Labute approximate surface area is 131 Å². The van der Waals surface area contributed by atoms with E-state index < -0.39 is 0 Å². The van der Waals surface area contributed by atoms with Gasteiger partial charge in [0, 0.05) is 17.9 Å². The highest BCUT2D eigenvalue weighted by molar-refractivity contribution is 7.09. The van der Waals surface area contributed by atoms with E-state index in [4.69, 9.17) is 9.72 Å². The van der Waals surface area contributed by atoms with Crippen LogP contribution in [0.15, 0.2) is 29.6 Å². The Balaban J connectivity index is 2.24. The van der Waals surface area contributed by atoms with E-state index >= 15 is 0 Å². The van der Waals surface area contributed by atoms with Crippen molar-refractivity contribution in [2.45, 2.75) is 38.8 Å². The molecule has 1 heterocycles. The molecule has 1 N–H and O–H groups in total. The van der Waals surface area contributed by atoms with Crippen LogP contribution in [0.2, 0.25) is 0 Å². The SMILES string of the molecule is CNC(c1ccc(COC)cc1)c1nc(C(C)(C)C)cs1. The van der Waals surface area contributed by atoms with Crippen molar-refractivity contribution in [2.24, 2.45) is 0 Å². The maximum Gasteiger partial charge on any atom is 0.114 e. The Morgan fingerprint density at radius 2 is 1.90 bits per heavy atom. The first-order chi connectivity index (χ1) is 9.95. The van der Waals surface area contributed by atoms with E-state index in [-0.39, 0.29) is 11.5 Å². The van der Waals surface area contributed by atoms with Gasteiger partial charge >= 0.3 is 0 Å². The van der Waals surface area contributed by atoms with Gasteiger partial charge in [-0.05, 0) is 18.2 Å². The Kier molecular flexibility index (Phi) is 5.14. The minimum absolute atomic E-state index is 0.0926. The summed E-state index contributed by atoms with van der Waals surface area (Å²) in [7, 11) is 3.69. The zero-order chi connectivity index (χ0) is 15.5. The maximum absolute atomic E-state index is 5.15. The van der Waals surface area contributed by atoms with Crippen LogP contribution < -0.4 is 5.32 Å². The molecule has 4 heteroatoms. The first-order valence-corrected chi connectivity index (χ1v) is 8.04. The van der Waals surface area contributed by atoms with Crippen molar-refractivity contribution in [3.05, 3.63) is 51.5 Å². The molecule has 0 bridgehead atoms. The van der Waals surface area contributed by atoms with Crippen LogP contribution in [0.1, 0.15) is 48.6 Å². The predicted octanol–water partition coefficient (Wildman–Crippen LogP) is 3.90. The summed E-state index contributed by atoms with van der Waals surface area (Å²) < 4.78 is 5.15. The van der Waals surface area contributed by atoms with Crippen LogP contribution in [0.3, 0.4) is 0 Å². The highest BCUT2D eigenvalue weighted by atomic mass is 32.1. The van der Waals surface area contributed by atoms with E-state index in [2.05, 4.69) is 55.7 Å². The average molecular weight is 304 g/mol. The lowest BCUT2D eigenvalue weighted by Crippen LogP contribution is -2.18. The molecule has 1 aromatic carbocycles. The molecule has 1 unspecified atom stereocenters. The molecule has 0 saturated carbocycles. The number of benzene rings is 1. The topological polar surface area (TPSA) is 34.1 Å². The predicted molar refractivity (Wildman–Crippen MR) is 88.9 cm³/mol. The fraction of sp³-hybridized carbons (Fsp3) is 0.471. The average Bonchev–Trinajstić information content (AvgIpc) is 2.91. The summed E-state index contributed by atoms with van der Waals surface area (Å²) in [4.78, 5) is 4.82. The Bertz CT molecular complexity index is 569. The summed E-state index contributed by atoms with van der Waals surface area (Å²) in [6.07, 6.45) is 0. The van der Waals surface area contributed by atoms with Crippen molar-refractivity contribution in [1.82, 2.24) is 10.3 Å².